The molecule has 0 unspecified atom stereocenters. The van der Waals surface area contributed by atoms with Crippen LogP contribution in [0.1, 0.15) is 19.3 Å². The molecule has 2 fully saturated rings. The summed E-state index contributed by atoms with van der Waals surface area (Å²) in [5.41, 5.74) is 0.783. The zero-order valence-corrected chi connectivity index (χ0v) is 12.9. The first-order valence-electron chi connectivity index (χ1n) is 8.27. The highest BCUT2D eigenvalue weighted by molar-refractivity contribution is 6.01. The Morgan fingerprint density at radius 1 is 1.26 bits per heavy atom. The van der Waals surface area contributed by atoms with Crippen LogP contribution >= 0.6 is 0 Å². The highest BCUT2D eigenvalue weighted by Crippen LogP contribution is 2.48. The molecule has 2 amide bonds. The second kappa shape index (κ2) is 5.81. The number of hydrogen-bond donors (Lipinski definition) is 3. The van der Waals surface area contributed by atoms with Gasteiger partial charge in [0.1, 0.15) is 0 Å². The van der Waals surface area contributed by atoms with Crippen molar-refractivity contribution in [3.8, 4) is 0 Å². The van der Waals surface area contributed by atoms with Crippen molar-refractivity contribution in [2.45, 2.75) is 25.3 Å². The fraction of sp³-hybridized carbons (Fsp3) is 0.444. The van der Waals surface area contributed by atoms with Gasteiger partial charge in [0.05, 0.1) is 5.69 Å². The third-order valence-corrected chi connectivity index (χ3v) is 5.53. The van der Waals surface area contributed by atoms with Crippen LogP contribution < -0.4 is 10.6 Å². The average molecular weight is 311 g/mol. The summed E-state index contributed by atoms with van der Waals surface area (Å²) < 4.78 is 0. The number of amides is 2. The number of aliphatic hydroxyl groups excluding tert-OH is 1. The Morgan fingerprint density at radius 2 is 2.13 bits per heavy atom. The highest BCUT2D eigenvalue weighted by Gasteiger charge is 2.47. The lowest BCUT2D eigenvalue weighted by Crippen LogP contribution is -2.46. The molecule has 0 aliphatic heterocycles. The molecule has 2 saturated carbocycles. The van der Waals surface area contributed by atoms with Crippen molar-refractivity contribution in [1.82, 2.24) is 10.3 Å². The summed E-state index contributed by atoms with van der Waals surface area (Å²) in [5, 5.41) is 17.7. The fourth-order valence-electron chi connectivity index (χ4n) is 4.44. The molecular weight excluding hydrogens is 290 g/mol. The molecule has 4 atom stereocenters. The summed E-state index contributed by atoms with van der Waals surface area (Å²) in [6, 6.07) is 7.59. The summed E-state index contributed by atoms with van der Waals surface area (Å²) in [7, 11) is 0. The van der Waals surface area contributed by atoms with Crippen molar-refractivity contribution in [3.63, 3.8) is 0 Å². The number of anilines is 1. The summed E-state index contributed by atoms with van der Waals surface area (Å²) in [6.45, 7) is 0.159. The maximum atomic E-state index is 12.4. The van der Waals surface area contributed by atoms with Crippen LogP contribution in [-0.4, -0.2) is 28.8 Å². The van der Waals surface area contributed by atoms with Gasteiger partial charge in [0.15, 0.2) is 0 Å². The maximum Gasteiger partial charge on any atom is 0.319 e. The molecular formula is C18H21N3O2. The predicted octanol–water partition coefficient (Wildman–Crippen LogP) is 2.76. The number of hydrogen-bond acceptors (Lipinski definition) is 3. The lowest BCUT2D eigenvalue weighted by atomic mass is 9.85. The number of nitrogens with zero attached hydrogens (tertiary/aromatic N) is 1. The molecule has 2 bridgehead atoms. The van der Waals surface area contributed by atoms with Crippen LogP contribution in [0.2, 0.25) is 0 Å². The van der Waals surface area contributed by atoms with E-state index in [1.807, 2.05) is 24.3 Å². The third kappa shape index (κ3) is 2.55. The van der Waals surface area contributed by atoms with Gasteiger partial charge < -0.3 is 15.7 Å². The van der Waals surface area contributed by atoms with E-state index in [0.717, 1.165) is 29.3 Å². The fourth-order valence-corrected chi connectivity index (χ4v) is 4.44. The van der Waals surface area contributed by atoms with Gasteiger partial charge in [-0.2, -0.15) is 0 Å². The standard InChI is InChI=1S/C18H21N3O2/c22-10-15-11-4-5-12(8-11)17(15)21-18(23)20-16-3-1-2-13-9-19-7-6-14(13)16/h1-3,6-7,9,11-12,15,17,22H,4-5,8,10H2,(H2,20,21,23)/t11-,12-,15-,17-/m0/s1. The van der Waals surface area contributed by atoms with E-state index >= 15 is 0 Å². The van der Waals surface area contributed by atoms with E-state index in [4.69, 9.17) is 0 Å². The molecule has 2 aliphatic rings. The molecule has 0 saturated heterocycles. The van der Waals surface area contributed by atoms with Crippen molar-refractivity contribution in [2.24, 2.45) is 17.8 Å². The van der Waals surface area contributed by atoms with Crippen LogP contribution in [0.5, 0.6) is 0 Å². The highest BCUT2D eigenvalue weighted by atomic mass is 16.3. The predicted molar refractivity (Wildman–Crippen MR) is 89.1 cm³/mol. The van der Waals surface area contributed by atoms with Crippen LogP contribution in [-0.2, 0) is 0 Å². The molecule has 3 N–H and O–H groups in total. The monoisotopic (exact) mass is 311 g/mol. The maximum absolute atomic E-state index is 12.4. The Bertz CT molecular complexity index is 728. The lowest BCUT2D eigenvalue weighted by molar-refractivity contribution is 0.146. The molecule has 2 aliphatic carbocycles. The minimum Gasteiger partial charge on any atom is -0.396 e. The second-order valence-electron chi connectivity index (χ2n) is 6.71. The number of carbonyl (C=O) groups is 1. The number of rotatable bonds is 3. The van der Waals surface area contributed by atoms with Crippen molar-refractivity contribution >= 4 is 22.5 Å². The molecule has 4 rings (SSSR count). The zero-order valence-electron chi connectivity index (χ0n) is 12.9. The van der Waals surface area contributed by atoms with Gasteiger partial charge in [0.25, 0.3) is 0 Å². The number of urea groups is 1. The smallest absolute Gasteiger partial charge is 0.319 e. The van der Waals surface area contributed by atoms with Crippen molar-refractivity contribution in [3.05, 3.63) is 36.7 Å². The molecule has 1 heterocycles. The molecule has 1 aromatic heterocycles. The van der Waals surface area contributed by atoms with E-state index in [-0.39, 0.29) is 24.6 Å². The quantitative estimate of drug-likeness (QED) is 0.816. The van der Waals surface area contributed by atoms with Gasteiger partial charge in [-0.25, -0.2) is 4.79 Å². The number of carbonyl (C=O) groups excluding carboxylic acids is 1. The van der Waals surface area contributed by atoms with Crippen LogP contribution in [0.3, 0.4) is 0 Å². The van der Waals surface area contributed by atoms with Crippen LogP contribution in [0.15, 0.2) is 36.7 Å². The van der Waals surface area contributed by atoms with E-state index in [9.17, 15) is 9.90 Å². The van der Waals surface area contributed by atoms with E-state index < -0.39 is 0 Å². The molecule has 5 nitrogen and oxygen atoms in total. The molecule has 120 valence electrons. The van der Waals surface area contributed by atoms with Crippen LogP contribution in [0.4, 0.5) is 10.5 Å². The van der Waals surface area contributed by atoms with Gasteiger partial charge in [-0.3, -0.25) is 4.98 Å². The molecule has 5 heteroatoms. The first-order chi connectivity index (χ1) is 11.3. The number of fused-ring (bicyclic) bond motifs is 3. The topological polar surface area (TPSA) is 74.2 Å². The summed E-state index contributed by atoms with van der Waals surface area (Å²) in [5.74, 6) is 1.29. The SMILES string of the molecule is O=C(Nc1cccc2cnccc12)N[C@H]1[C@H]2CC[C@@H](C2)[C@@H]1CO. The van der Waals surface area contributed by atoms with Crippen molar-refractivity contribution < 1.29 is 9.90 Å². The van der Waals surface area contributed by atoms with E-state index in [0.29, 0.717) is 11.8 Å². The molecule has 0 radical (unpaired) electrons. The van der Waals surface area contributed by atoms with Crippen LogP contribution in [0, 0.1) is 17.8 Å². The van der Waals surface area contributed by atoms with Gasteiger partial charge >= 0.3 is 6.03 Å². The average Bonchev–Trinajstić information content (AvgIpc) is 3.16. The Balaban J connectivity index is 1.50. The van der Waals surface area contributed by atoms with Gasteiger partial charge in [-0.15, -0.1) is 0 Å². The normalized spacial score (nSPS) is 28.9. The number of benzene rings is 1. The van der Waals surface area contributed by atoms with Gasteiger partial charge in [-0.05, 0) is 43.2 Å². The number of pyridine rings is 1. The van der Waals surface area contributed by atoms with Crippen molar-refractivity contribution in [2.75, 3.05) is 11.9 Å². The first kappa shape index (κ1) is 14.5. The summed E-state index contributed by atoms with van der Waals surface area (Å²) in [6.07, 6.45) is 6.99. The summed E-state index contributed by atoms with van der Waals surface area (Å²) >= 11 is 0. The Hall–Kier alpha value is -2.14. The van der Waals surface area contributed by atoms with Gasteiger partial charge in [0.2, 0.25) is 0 Å². The van der Waals surface area contributed by atoms with E-state index in [1.165, 1.54) is 6.42 Å². The largest absolute Gasteiger partial charge is 0.396 e. The molecule has 2 aromatic rings. The van der Waals surface area contributed by atoms with Crippen molar-refractivity contribution in [1.29, 1.82) is 0 Å². The van der Waals surface area contributed by atoms with E-state index in [1.54, 1.807) is 12.4 Å². The lowest BCUT2D eigenvalue weighted by Gasteiger charge is -2.30. The van der Waals surface area contributed by atoms with E-state index in [2.05, 4.69) is 15.6 Å². The minimum atomic E-state index is -0.190. The summed E-state index contributed by atoms with van der Waals surface area (Å²) in [4.78, 5) is 16.5. The number of nitrogens with one attached hydrogen (secondary N) is 2. The van der Waals surface area contributed by atoms with Gasteiger partial charge in [-0.1, -0.05) is 12.1 Å². The molecule has 0 spiro atoms. The Kier molecular flexibility index (Phi) is 3.65. The first-order valence-corrected chi connectivity index (χ1v) is 8.27. The third-order valence-electron chi connectivity index (χ3n) is 5.53. The van der Waals surface area contributed by atoms with Gasteiger partial charge in [0, 0.05) is 41.7 Å². The minimum absolute atomic E-state index is 0.0930. The second-order valence-corrected chi connectivity index (χ2v) is 6.71. The molecule has 23 heavy (non-hydrogen) atoms. The molecule has 1 aromatic carbocycles. The Labute approximate surface area is 135 Å². The zero-order chi connectivity index (χ0) is 15.8. The van der Waals surface area contributed by atoms with Crippen LogP contribution in [0.25, 0.3) is 10.8 Å². The Morgan fingerprint density at radius 3 is 3.00 bits per heavy atom. The number of aromatic nitrogens is 1. The number of aliphatic hydroxyl groups is 1.